The molecule has 0 unspecified atom stereocenters. The number of amides is 1. The number of hydrogen-bond acceptors (Lipinski definition) is 4. The summed E-state index contributed by atoms with van der Waals surface area (Å²) in [5.41, 5.74) is 2.97. The van der Waals surface area contributed by atoms with Crippen LogP contribution in [0.2, 0.25) is 0 Å². The SMILES string of the molecule is COc1cc(C(=O)N2CCc3sccc3[C@H]2C)ccc1OCc1ccccc1. The summed E-state index contributed by atoms with van der Waals surface area (Å²) in [6.07, 6.45) is 0.915. The van der Waals surface area contributed by atoms with Crippen molar-refractivity contribution in [3.05, 3.63) is 81.5 Å². The van der Waals surface area contributed by atoms with Gasteiger partial charge >= 0.3 is 0 Å². The first-order chi connectivity index (χ1) is 13.7. The predicted octanol–water partition coefficient (Wildman–Crippen LogP) is 5.10. The van der Waals surface area contributed by atoms with Crippen molar-refractivity contribution in [2.45, 2.75) is 26.0 Å². The summed E-state index contributed by atoms with van der Waals surface area (Å²) in [7, 11) is 1.60. The molecule has 2 aromatic carbocycles. The Morgan fingerprint density at radius 3 is 2.75 bits per heavy atom. The molecule has 1 amide bonds. The quantitative estimate of drug-likeness (QED) is 0.606. The van der Waals surface area contributed by atoms with Gasteiger partial charge in [0, 0.05) is 17.0 Å². The maximum absolute atomic E-state index is 13.1. The number of carbonyl (C=O) groups is 1. The van der Waals surface area contributed by atoms with E-state index in [0.717, 1.165) is 18.5 Å². The lowest BCUT2D eigenvalue weighted by Crippen LogP contribution is -2.38. The third-order valence-electron chi connectivity index (χ3n) is 5.19. The molecule has 0 saturated carbocycles. The van der Waals surface area contributed by atoms with Gasteiger partial charge in [0.25, 0.3) is 5.91 Å². The lowest BCUT2D eigenvalue weighted by molar-refractivity contribution is 0.0679. The molecule has 0 fully saturated rings. The Hall–Kier alpha value is -2.79. The molecule has 2 heterocycles. The molecule has 28 heavy (non-hydrogen) atoms. The second-order valence-electron chi connectivity index (χ2n) is 6.86. The van der Waals surface area contributed by atoms with Gasteiger partial charge in [0.05, 0.1) is 13.2 Å². The van der Waals surface area contributed by atoms with Crippen LogP contribution in [0, 0.1) is 0 Å². The Morgan fingerprint density at radius 1 is 1.14 bits per heavy atom. The van der Waals surface area contributed by atoms with Crippen LogP contribution >= 0.6 is 11.3 Å². The molecule has 4 rings (SSSR count). The largest absolute Gasteiger partial charge is 0.493 e. The highest BCUT2D eigenvalue weighted by molar-refractivity contribution is 7.10. The first kappa shape index (κ1) is 18.6. The van der Waals surface area contributed by atoms with Gasteiger partial charge < -0.3 is 14.4 Å². The predicted molar refractivity (Wildman–Crippen MR) is 111 cm³/mol. The van der Waals surface area contributed by atoms with Crippen molar-refractivity contribution in [3.8, 4) is 11.5 Å². The van der Waals surface area contributed by atoms with Gasteiger partial charge in [-0.2, -0.15) is 0 Å². The highest BCUT2D eigenvalue weighted by atomic mass is 32.1. The Balaban J connectivity index is 1.51. The molecule has 3 aromatic rings. The number of ether oxygens (including phenoxy) is 2. The summed E-state index contributed by atoms with van der Waals surface area (Å²) in [6, 6.07) is 17.6. The van der Waals surface area contributed by atoms with E-state index in [2.05, 4.69) is 18.4 Å². The fourth-order valence-corrected chi connectivity index (χ4v) is 4.57. The smallest absolute Gasteiger partial charge is 0.254 e. The molecule has 0 bridgehead atoms. The van der Waals surface area contributed by atoms with Crippen LogP contribution in [0.15, 0.2) is 60.0 Å². The van der Waals surface area contributed by atoms with Gasteiger partial charge in [0.15, 0.2) is 11.5 Å². The number of benzene rings is 2. The van der Waals surface area contributed by atoms with Gasteiger partial charge in [0.2, 0.25) is 0 Å². The van der Waals surface area contributed by atoms with Crippen molar-refractivity contribution in [3.63, 3.8) is 0 Å². The van der Waals surface area contributed by atoms with Gasteiger partial charge in [-0.3, -0.25) is 4.79 Å². The van der Waals surface area contributed by atoms with Gasteiger partial charge in [-0.05, 0) is 54.1 Å². The summed E-state index contributed by atoms with van der Waals surface area (Å²) >= 11 is 1.78. The number of rotatable bonds is 5. The summed E-state index contributed by atoms with van der Waals surface area (Å²) < 4.78 is 11.4. The summed E-state index contributed by atoms with van der Waals surface area (Å²) in [6.45, 7) is 3.29. The number of carbonyl (C=O) groups excluding carboxylic acids is 1. The maximum atomic E-state index is 13.1. The number of methoxy groups -OCH3 is 1. The van der Waals surface area contributed by atoms with E-state index in [1.54, 1.807) is 24.5 Å². The van der Waals surface area contributed by atoms with Crippen molar-refractivity contribution < 1.29 is 14.3 Å². The molecule has 144 valence electrons. The topological polar surface area (TPSA) is 38.8 Å². The van der Waals surface area contributed by atoms with Gasteiger partial charge in [-0.1, -0.05) is 30.3 Å². The van der Waals surface area contributed by atoms with Crippen LogP contribution in [0.1, 0.15) is 39.3 Å². The number of nitrogens with zero attached hydrogens (tertiary/aromatic N) is 1. The van der Waals surface area contributed by atoms with Crippen LogP contribution in [0.3, 0.4) is 0 Å². The fraction of sp³-hybridized carbons (Fsp3) is 0.261. The molecule has 0 N–H and O–H groups in total. The third kappa shape index (κ3) is 3.62. The lowest BCUT2D eigenvalue weighted by atomic mass is 10.00. The molecule has 1 atom stereocenters. The highest BCUT2D eigenvalue weighted by Crippen LogP contribution is 2.35. The first-order valence-electron chi connectivity index (χ1n) is 9.39. The Labute approximate surface area is 169 Å². The molecule has 5 heteroatoms. The third-order valence-corrected chi connectivity index (χ3v) is 6.18. The van der Waals surface area contributed by atoms with Gasteiger partial charge in [-0.15, -0.1) is 11.3 Å². The lowest BCUT2D eigenvalue weighted by Gasteiger charge is -2.33. The molecular weight excluding hydrogens is 370 g/mol. The van der Waals surface area contributed by atoms with Crippen LogP contribution in [0.4, 0.5) is 0 Å². The molecule has 0 aliphatic carbocycles. The van der Waals surface area contributed by atoms with Crippen LogP contribution in [0.5, 0.6) is 11.5 Å². The number of thiophene rings is 1. The summed E-state index contributed by atoms with van der Waals surface area (Å²) in [5, 5.41) is 2.11. The van der Waals surface area contributed by atoms with E-state index in [1.807, 2.05) is 47.4 Å². The van der Waals surface area contributed by atoms with E-state index in [-0.39, 0.29) is 11.9 Å². The zero-order valence-corrected chi connectivity index (χ0v) is 16.9. The Morgan fingerprint density at radius 2 is 1.96 bits per heavy atom. The summed E-state index contributed by atoms with van der Waals surface area (Å²) in [5.74, 6) is 1.23. The van der Waals surface area contributed by atoms with Crippen LogP contribution in [0.25, 0.3) is 0 Å². The zero-order valence-electron chi connectivity index (χ0n) is 16.1. The monoisotopic (exact) mass is 393 g/mol. The second-order valence-corrected chi connectivity index (χ2v) is 7.86. The second kappa shape index (κ2) is 8.07. The van der Waals surface area contributed by atoms with Crippen molar-refractivity contribution >= 4 is 17.2 Å². The van der Waals surface area contributed by atoms with E-state index in [9.17, 15) is 4.79 Å². The molecular formula is C23H23NO3S. The Bertz CT molecular complexity index is 967. The minimum Gasteiger partial charge on any atom is -0.493 e. The van der Waals surface area contributed by atoms with E-state index in [4.69, 9.17) is 9.47 Å². The van der Waals surface area contributed by atoms with Crippen molar-refractivity contribution in [2.75, 3.05) is 13.7 Å². The van der Waals surface area contributed by atoms with E-state index < -0.39 is 0 Å². The fourth-order valence-electron chi connectivity index (χ4n) is 3.61. The molecule has 1 aromatic heterocycles. The zero-order chi connectivity index (χ0) is 19.5. The molecule has 0 radical (unpaired) electrons. The average molecular weight is 394 g/mol. The van der Waals surface area contributed by atoms with E-state index in [1.165, 1.54) is 10.4 Å². The highest BCUT2D eigenvalue weighted by Gasteiger charge is 2.29. The molecule has 0 saturated heterocycles. The normalized spacial score (nSPS) is 15.8. The van der Waals surface area contributed by atoms with Gasteiger partial charge in [0.1, 0.15) is 6.61 Å². The summed E-state index contributed by atoms with van der Waals surface area (Å²) in [4.78, 5) is 16.5. The average Bonchev–Trinajstić information content (AvgIpc) is 3.22. The van der Waals surface area contributed by atoms with Gasteiger partial charge in [-0.25, -0.2) is 0 Å². The minimum atomic E-state index is 0.0252. The molecule has 0 spiro atoms. The van der Waals surface area contributed by atoms with E-state index in [0.29, 0.717) is 23.7 Å². The molecule has 1 aliphatic rings. The molecule has 4 nitrogen and oxygen atoms in total. The van der Waals surface area contributed by atoms with E-state index >= 15 is 0 Å². The van der Waals surface area contributed by atoms with Crippen molar-refractivity contribution in [2.24, 2.45) is 0 Å². The number of fused-ring (bicyclic) bond motifs is 1. The minimum absolute atomic E-state index is 0.0252. The first-order valence-corrected chi connectivity index (χ1v) is 10.3. The van der Waals surface area contributed by atoms with Crippen molar-refractivity contribution in [1.29, 1.82) is 0 Å². The van der Waals surface area contributed by atoms with Crippen LogP contribution < -0.4 is 9.47 Å². The van der Waals surface area contributed by atoms with Crippen molar-refractivity contribution in [1.82, 2.24) is 4.90 Å². The standard InChI is InChI=1S/C23H23NO3S/c1-16-19-11-13-28-22(19)10-12-24(16)23(25)18-8-9-20(21(14-18)26-2)27-15-17-6-4-3-5-7-17/h3-9,11,13-14,16H,10,12,15H2,1-2H3/t16-/m1/s1. The Kier molecular flexibility index (Phi) is 5.35. The van der Waals surface area contributed by atoms with Crippen LogP contribution in [-0.4, -0.2) is 24.5 Å². The molecule has 1 aliphatic heterocycles. The van der Waals surface area contributed by atoms with Crippen LogP contribution in [-0.2, 0) is 13.0 Å². The number of hydrogen-bond donors (Lipinski definition) is 0. The maximum Gasteiger partial charge on any atom is 0.254 e.